The van der Waals surface area contributed by atoms with Gasteiger partial charge in [0.1, 0.15) is 4.83 Å². The number of rotatable bonds is 7. The van der Waals surface area contributed by atoms with E-state index in [1.165, 1.54) is 22.2 Å². The minimum atomic E-state index is -0.137. The van der Waals surface area contributed by atoms with Crippen molar-refractivity contribution in [3.8, 4) is 11.1 Å². The van der Waals surface area contributed by atoms with Gasteiger partial charge >= 0.3 is 0 Å². The summed E-state index contributed by atoms with van der Waals surface area (Å²) < 4.78 is 1.64. The maximum absolute atomic E-state index is 13.3. The molecule has 5 rings (SSSR count). The average molecular weight is 488 g/mol. The summed E-state index contributed by atoms with van der Waals surface area (Å²) in [6.07, 6.45) is 5.94. The van der Waals surface area contributed by atoms with Gasteiger partial charge in [0.05, 0.1) is 11.1 Å². The predicted octanol–water partition coefficient (Wildman–Crippen LogP) is 5.92. The van der Waals surface area contributed by atoms with Crippen molar-refractivity contribution in [3.63, 3.8) is 0 Å². The van der Waals surface area contributed by atoms with Gasteiger partial charge in [-0.2, -0.15) is 0 Å². The van der Waals surface area contributed by atoms with Gasteiger partial charge in [-0.3, -0.25) is 14.2 Å². The molecule has 2 aromatic carbocycles. The summed E-state index contributed by atoms with van der Waals surface area (Å²) in [6, 6.07) is 17.9. The lowest BCUT2D eigenvalue weighted by Crippen LogP contribution is -2.24. The SMILES string of the molecule is C=CCn1c(SCC(=O)Nc2ccc(-c3ccccc3)cc2)nc2sc3c(c2c1=O)CCCC3. The first-order chi connectivity index (χ1) is 16.6. The number of amides is 1. The first-order valence-corrected chi connectivity index (χ1v) is 13.2. The van der Waals surface area contributed by atoms with E-state index in [1.54, 1.807) is 22.0 Å². The second kappa shape index (κ2) is 9.99. The number of nitrogens with zero attached hydrogens (tertiary/aromatic N) is 2. The van der Waals surface area contributed by atoms with Crippen molar-refractivity contribution in [1.82, 2.24) is 9.55 Å². The van der Waals surface area contributed by atoms with Crippen molar-refractivity contribution >= 4 is 44.9 Å². The highest BCUT2D eigenvalue weighted by Crippen LogP contribution is 2.34. The van der Waals surface area contributed by atoms with Crippen LogP contribution in [0.3, 0.4) is 0 Å². The summed E-state index contributed by atoms with van der Waals surface area (Å²) in [5.74, 6) is 0.0306. The molecular formula is C27H25N3O2S2. The molecule has 0 saturated carbocycles. The smallest absolute Gasteiger partial charge is 0.263 e. The lowest BCUT2D eigenvalue weighted by Gasteiger charge is -2.12. The molecule has 2 aromatic heterocycles. The van der Waals surface area contributed by atoms with Crippen LogP contribution in [-0.4, -0.2) is 21.2 Å². The topological polar surface area (TPSA) is 64.0 Å². The number of hydrogen-bond donors (Lipinski definition) is 1. The van der Waals surface area contributed by atoms with E-state index in [0.29, 0.717) is 11.7 Å². The van der Waals surface area contributed by atoms with Crippen molar-refractivity contribution in [2.24, 2.45) is 0 Å². The van der Waals surface area contributed by atoms with Crippen molar-refractivity contribution < 1.29 is 4.79 Å². The Morgan fingerprint density at radius 2 is 1.82 bits per heavy atom. The molecular weight excluding hydrogens is 462 g/mol. The number of carbonyl (C=O) groups excluding carboxylic acids is 1. The summed E-state index contributed by atoms with van der Waals surface area (Å²) in [4.78, 5) is 32.9. The van der Waals surface area contributed by atoms with Crippen LogP contribution in [-0.2, 0) is 24.2 Å². The van der Waals surface area contributed by atoms with Crippen molar-refractivity contribution in [2.75, 3.05) is 11.1 Å². The standard InChI is InChI=1S/C27H25N3O2S2/c1-2-16-30-26(32)24-21-10-6-7-11-22(21)34-25(24)29-27(30)33-17-23(31)28-20-14-12-19(13-15-20)18-8-4-3-5-9-18/h2-5,8-9,12-15H,1,6-7,10-11,16-17H2,(H,28,31). The normalized spacial score (nSPS) is 12.9. The van der Waals surface area contributed by atoms with Crippen LogP contribution in [0.5, 0.6) is 0 Å². The quantitative estimate of drug-likeness (QED) is 0.200. The number of nitrogens with one attached hydrogen (secondary N) is 1. The van der Waals surface area contributed by atoms with E-state index in [-0.39, 0.29) is 17.2 Å². The van der Waals surface area contributed by atoms with E-state index in [4.69, 9.17) is 4.98 Å². The number of aryl methyl sites for hydroxylation is 2. The Hall–Kier alpha value is -3.16. The average Bonchev–Trinajstić information content (AvgIpc) is 3.24. The number of thiophene rings is 1. The second-order valence-electron chi connectivity index (χ2n) is 8.27. The fourth-order valence-corrected chi connectivity index (χ4v) is 6.43. The Bertz CT molecular complexity index is 1410. The van der Waals surface area contributed by atoms with Gasteiger partial charge in [-0.05, 0) is 54.5 Å². The number of anilines is 1. The monoisotopic (exact) mass is 487 g/mol. The Morgan fingerprint density at radius 1 is 1.09 bits per heavy atom. The van der Waals surface area contributed by atoms with Gasteiger partial charge < -0.3 is 5.32 Å². The number of fused-ring (bicyclic) bond motifs is 3. The van der Waals surface area contributed by atoms with E-state index >= 15 is 0 Å². The third kappa shape index (κ3) is 4.58. The Kier molecular flexibility index (Phi) is 6.65. The number of hydrogen-bond acceptors (Lipinski definition) is 5. The first kappa shape index (κ1) is 22.6. The molecule has 5 nitrogen and oxygen atoms in total. The van der Waals surface area contributed by atoms with E-state index in [1.807, 2.05) is 42.5 Å². The molecule has 0 radical (unpaired) electrons. The fraction of sp³-hybridized carbons (Fsp3) is 0.222. The Labute approximate surface area is 206 Å². The highest BCUT2D eigenvalue weighted by Gasteiger charge is 2.22. The molecule has 1 N–H and O–H groups in total. The zero-order chi connectivity index (χ0) is 23.5. The van der Waals surface area contributed by atoms with Crippen LogP contribution in [0.4, 0.5) is 5.69 Å². The van der Waals surface area contributed by atoms with Crippen LogP contribution >= 0.6 is 23.1 Å². The molecule has 0 spiro atoms. The van der Waals surface area contributed by atoms with Crippen LogP contribution in [0, 0.1) is 0 Å². The van der Waals surface area contributed by atoms with Crippen molar-refractivity contribution in [2.45, 2.75) is 37.4 Å². The predicted molar refractivity (Wildman–Crippen MR) is 142 cm³/mol. The molecule has 34 heavy (non-hydrogen) atoms. The number of carbonyl (C=O) groups is 1. The number of thioether (sulfide) groups is 1. The highest BCUT2D eigenvalue weighted by molar-refractivity contribution is 7.99. The van der Waals surface area contributed by atoms with Crippen LogP contribution in [0.2, 0.25) is 0 Å². The molecule has 1 aliphatic carbocycles. The molecule has 0 aliphatic heterocycles. The third-order valence-electron chi connectivity index (χ3n) is 5.96. The summed E-state index contributed by atoms with van der Waals surface area (Å²) in [7, 11) is 0. The summed E-state index contributed by atoms with van der Waals surface area (Å²) in [5.41, 5.74) is 4.12. The first-order valence-electron chi connectivity index (χ1n) is 11.4. The van der Waals surface area contributed by atoms with E-state index in [2.05, 4.69) is 24.0 Å². The van der Waals surface area contributed by atoms with Gasteiger partial charge in [0, 0.05) is 17.1 Å². The summed E-state index contributed by atoms with van der Waals surface area (Å²) >= 11 is 2.92. The van der Waals surface area contributed by atoms with Crippen molar-refractivity contribution in [1.29, 1.82) is 0 Å². The molecule has 0 fully saturated rings. The number of aromatic nitrogens is 2. The lowest BCUT2D eigenvalue weighted by atomic mass is 9.97. The minimum absolute atomic E-state index is 0.0243. The van der Waals surface area contributed by atoms with Gasteiger partial charge in [0.25, 0.3) is 5.56 Å². The van der Waals surface area contributed by atoms with Crippen LogP contribution in [0.15, 0.2) is 77.2 Å². The Balaban J connectivity index is 1.32. The van der Waals surface area contributed by atoms with Gasteiger partial charge in [0.15, 0.2) is 5.16 Å². The van der Waals surface area contributed by atoms with Gasteiger partial charge in [0.2, 0.25) is 5.91 Å². The maximum Gasteiger partial charge on any atom is 0.263 e. The van der Waals surface area contributed by atoms with Crippen LogP contribution in [0.25, 0.3) is 21.3 Å². The molecule has 0 bridgehead atoms. The molecule has 2 heterocycles. The second-order valence-corrected chi connectivity index (χ2v) is 10.3. The van der Waals surface area contributed by atoms with Gasteiger partial charge in [-0.15, -0.1) is 17.9 Å². The molecule has 0 unspecified atom stereocenters. The fourth-order valence-electron chi connectivity index (χ4n) is 4.32. The van der Waals surface area contributed by atoms with E-state index in [0.717, 1.165) is 52.7 Å². The highest BCUT2D eigenvalue weighted by atomic mass is 32.2. The summed E-state index contributed by atoms with van der Waals surface area (Å²) in [6.45, 7) is 4.17. The molecule has 1 amide bonds. The number of allylic oxidation sites excluding steroid dienone is 1. The third-order valence-corrected chi connectivity index (χ3v) is 8.12. The minimum Gasteiger partial charge on any atom is -0.325 e. The van der Waals surface area contributed by atoms with Crippen LogP contribution < -0.4 is 10.9 Å². The molecule has 172 valence electrons. The molecule has 0 atom stereocenters. The summed E-state index contributed by atoms with van der Waals surface area (Å²) in [5, 5.41) is 4.26. The van der Waals surface area contributed by atoms with Gasteiger partial charge in [-0.1, -0.05) is 60.3 Å². The maximum atomic E-state index is 13.3. The molecule has 0 saturated heterocycles. The van der Waals surface area contributed by atoms with Crippen LogP contribution in [0.1, 0.15) is 23.3 Å². The Morgan fingerprint density at radius 3 is 2.59 bits per heavy atom. The molecule has 4 aromatic rings. The van der Waals surface area contributed by atoms with Crippen molar-refractivity contribution in [3.05, 3.63) is 88.0 Å². The zero-order valence-electron chi connectivity index (χ0n) is 18.8. The number of benzene rings is 2. The van der Waals surface area contributed by atoms with Gasteiger partial charge in [-0.25, -0.2) is 4.98 Å². The zero-order valence-corrected chi connectivity index (χ0v) is 20.4. The van der Waals surface area contributed by atoms with E-state index in [9.17, 15) is 9.59 Å². The molecule has 7 heteroatoms. The largest absolute Gasteiger partial charge is 0.325 e. The molecule has 1 aliphatic rings. The lowest BCUT2D eigenvalue weighted by molar-refractivity contribution is -0.113. The van der Waals surface area contributed by atoms with E-state index < -0.39 is 0 Å².